The first-order chi connectivity index (χ1) is 6.61. The Morgan fingerprint density at radius 1 is 1.36 bits per heavy atom. The van der Waals surface area contributed by atoms with Crippen LogP contribution in [-0.2, 0) is 4.79 Å². The Morgan fingerprint density at radius 3 is 2.50 bits per heavy atom. The Balaban J connectivity index is 3.42. The molecule has 0 saturated heterocycles. The number of aromatic nitrogens is 1. The van der Waals surface area contributed by atoms with Gasteiger partial charge in [-0.25, -0.2) is 4.98 Å². The average molecular weight is 194 g/mol. The van der Waals surface area contributed by atoms with Crippen molar-refractivity contribution in [2.24, 2.45) is 0 Å². The van der Waals surface area contributed by atoms with Crippen LogP contribution in [0.25, 0.3) is 0 Å². The first kappa shape index (κ1) is 10.2. The highest BCUT2D eigenvalue weighted by Crippen LogP contribution is 2.26. The van der Waals surface area contributed by atoms with Crippen molar-refractivity contribution in [3.8, 4) is 5.75 Å². The molecule has 0 aromatic carbocycles. The zero-order valence-corrected chi connectivity index (χ0v) is 7.87. The highest BCUT2D eigenvalue weighted by atomic mass is 16.3. The molecule has 74 valence electrons. The Morgan fingerprint density at radius 2 is 2.00 bits per heavy atom. The predicted octanol–water partition coefficient (Wildman–Crippen LogP) is 0.785. The quantitative estimate of drug-likeness (QED) is 0.697. The van der Waals surface area contributed by atoms with E-state index < -0.39 is 0 Å². The third-order valence-electron chi connectivity index (χ3n) is 1.95. The molecule has 0 aliphatic carbocycles. The van der Waals surface area contributed by atoms with Gasteiger partial charge in [0.15, 0.2) is 6.29 Å². The monoisotopic (exact) mass is 194 g/mol. The first-order valence-electron chi connectivity index (χ1n) is 3.97. The van der Waals surface area contributed by atoms with Gasteiger partial charge in [-0.1, -0.05) is 0 Å². The van der Waals surface area contributed by atoms with Gasteiger partial charge in [0.25, 0.3) is 0 Å². The molecule has 1 rings (SSSR count). The van der Waals surface area contributed by atoms with E-state index in [1.165, 1.54) is 0 Å². The molecule has 5 nitrogen and oxygen atoms in total. The van der Waals surface area contributed by atoms with Gasteiger partial charge in [-0.3, -0.25) is 9.59 Å². The molecule has 2 N–H and O–H groups in total. The Hall–Kier alpha value is -1.91. The summed E-state index contributed by atoms with van der Waals surface area (Å²) in [7, 11) is 0. The van der Waals surface area contributed by atoms with Gasteiger partial charge in [-0.2, -0.15) is 0 Å². The molecule has 5 heteroatoms. The number of rotatable bonds is 3. The summed E-state index contributed by atoms with van der Waals surface area (Å²) < 4.78 is 0. The van der Waals surface area contributed by atoms with Crippen LogP contribution in [0.4, 0.5) is 5.82 Å². The van der Waals surface area contributed by atoms with Crippen LogP contribution in [0, 0.1) is 13.8 Å². The van der Waals surface area contributed by atoms with Crippen molar-refractivity contribution in [3.63, 3.8) is 0 Å². The molecule has 0 atom stereocenters. The molecule has 0 aliphatic heterocycles. The molecule has 0 radical (unpaired) electrons. The molecule has 1 aromatic rings. The molecular weight excluding hydrogens is 184 g/mol. The van der Waals surface area contributed by atoms with Crippen LogP contribution in [0.2, 0.25) is 0 Å². The van der Waals surface area contributed by atoms with Gasteiger partial charge in [-0.05, 0) is 13.8 Å². The number of anilines is 1. The number of nitrogens with one attached hydrogen (secondary N) is 1. The maximum Gasteiger partial charge on any atom is 0.212 e. The second-order valence-corrected chi connectivity index (χ2v) is 2.81. The van der Waals surface area contributed by atoms with Crippen molar-refractivity contribution in [3.05, 3.63) is 16.8 Å². The Kier molecular flexibility index (Phi) is 2.81. The van der Waals surface area contributed by atoms with Crippen molar-refractivity contribution >= 4 is 18.5 Å². The number of hydrogen-bond acceptors (Lipinski definition) is 4. The van der Waals surface area contributed by atoms with Gasteiger partial charge in [0.05, 0.1) is 11.3 Å². The average Bonchev–Trinajstić information content (AvgIpc) is 2.16. The van der Waals surface area contributed by atoms with Gasteiger partial charge in [0.2, 0.25) is 6.41 Å². The predicted molar refractivity (Wildman–Crippen MR) is 50.5 cm³/mol. The highest BCUT2D eigenvalue weighted by molar-refractivity contribution is 5.89. The van der Waals surface area contributed by atoms with Crippen molar-refractivity contribution < 1.29 is 14.7 Å². The van der Waals surface area contributed by atoms with Crippen molar-refractivity contribution in [2.75, 3.05) is 5.32 Å². The zero-order chi connectivity index (χ0) is 10.7. The molecule has 0 bridgehead atoms. The third kappa shape index (κ3) is 1.56. The molecule has 0 unspecified atom stereocenters. The SMILES string of the molecule is Cc1nc(NC=O)c(C=O)c(C)c1O. The largest absolute Gasteiger partial charge is 0.506 e. The maximum atomic E-state index is 10.7. The fourth-order valence-corrected chi connectivity index (χ4v) is 1.17. The van der Waals surface area contributed by atoms with Crippen LogP contribution >= 0.6 is 0 Å². The summed E-state index contributed by atoms with van der Waals surface area (Å²) in [6, 6.07) is 0. The lowest BCUT2D eigenvalue weighted by Crippen LogP contribution is -2.05. The van der Waals surface area contributed by atoms with Crippen molar-refractivity contribution in [1.29, 1.82) is 0 Å². The fourth-order valence-electron chi connectivity index (χ4n) is 1.17. The number of hydrogen-bond donors (Lipinski definition) is 2. The standard InChI is InChI=1S/C9H10N2O3/c1-5-7(3-12)9(10-4-13)11-6(2)8(5)14/h3-4,14H,1-2H3,(H,10,11,13). The van der Waals surface area contributed by atoms with E-state index >= 15 is 0 Å². The van der Waals surface area contributed by atoms with E-state index in [4.69, 9.17) is 0 Å². The molecule has 0 fully saturated rings. The van der Waals surface area contributed by atoms with Gasteiger partial charge in [-0.15, -0.1) is 0 Å². The lowest BCUT2D eigenvalue weighted by Gasteiger charge is -2.09. The second kappa shape index (κ2) is 3.87. The Bertz CT molecular complexity index is 388. The lowest BCUT2D eigenvalue weighted by atomic mass is 10.1. The fraction of sp³-hybridized carbons (Fsp3) is 0.222. The van der Waals surface area contributed by atoms with E-state index in [1.54, 1.807) is 13.8 Å². The number of nitrogens with zero attached hydrogens (tertiary/aromatic N) is 1. The Labute approximate surface area is 80.8 Å². The molecule has 0 spiro atoms. The first-order valence-corrected chi connectivity index (χ1v) is 3.97. The van der Waals surface area contributed by atoms with E-state index in [0.29, 0.717) is 24.0 Å². The van der Waals surface area contributed by atoms with Gasteiger partial charge < -0.3 is 10.4 Å². The van der Waals surface area contributed by atoms with Gasteiger partial charge >= 0.3 is 0 Å². The van der Waals surface area contributed by atoms with E-state index in [-0.39, 0.29) is 17.1 Å². The van der Waals surface area contributed by atoms with Gasteiger partial charge in [0, 0.05) is 5.56 Å². The maximum absolute atomic E-state index is 10.7. The highest BCUT2D eigenvalue weighted by Gasteiger charge is 2.12. The summed E-state index contributed by atoms with van der Waals surface area (Å²) in [6.07, 6.45) is 0.985. The van der Waals surface area contributed by atoms with Crippen LogP contribution in [0.3, 0.4) is 0 Å². The number of carbonyl (C=O) groups excluding carboxylic acids is 2. The van der Waals surface area contributed by atoms with E-state index in [1.807, 2.05) is 0 Å². The molecular formula is C9H10N2O3. The summed E-state index contributed by atoms with van der Waals surface area (Å²) in [5, 5.41) is 11.8. The second-order valence-electron chi connectivity index (χ2n) is 2.81. The number of aldehydes is 1. The van der Waals surface area contributed by atoms with Crippen LogP contribution in [0.15, 0.2) is 0 Å². The third-order valence-corrected chi connectivity index (χ3v) is 1.95. The number of aryl methyl sites for hydroxylation is 1. The normalized spacial score (nSPS) is 9.57. The van der Waals surface area contributed by atoms with Crippen LogP contribution in [-0.4, -0.2) is 22.8 Å². The topological polar surface area (TPSA) is 79.3 Å². The molecule has 1 heterocycles. The summed E-state index contributed by atoms with van der Waals surface area (Å²) in [5.41, 5.74) is 0.981. The molecule has 0 saturated carbocycles. The molecule has 1 aromatic heterocycles. The van der Waals surface area contributed by atoms with E-state index in [2.05, 4.69) is 10.3 Å². The van der Waals surface area contributed by atoms with E-state index in [0.717, 1.165) is 0 Å². The molecule has 14 heavy (non-hydrogen) atoms. The minimum absolute atomic E-state index is 0.0245. The number of amides is 1. The minimum Gasteiger partial charge on any atom is -0.506 e. The van der Waals surface area contributed by atoms with Gasteiger partial charge in [0.1, 0.15) is 11.6 Å². The number of carbonyl (C=O) groups is 2. The zero-order valence-electron chi connectivity index (χ0n) is 7.87. The molecule has 1 amide bonds. The van der Waals surface area contributed by atoms with E-state index in [9.17, 15) is 14.7 Å². The number of aromatic hydroxyl groups is 1. The van der Waals surface area contributed by atoms with Crippen LogP contribution < -0.4 is 5.32 Å². The smallest absolute Gasteiger partial charge is 0.212 e. The summed E-state index contributed by atoms with van der Waals surface area (Å²) in [6.45, 7) is 3.18. The summed E-state index contributed by atoms with van der Waals surface area (Å²) in [5.74, 6) is 0.145. The van der Waals surface area contributed by atoms with Crippen molar-refractivity contribution in [2.45, 2.75) is 13.8 Å². The van der Waals surface area contributed by atoms with Crippen LogP contribution in [0.5, 0.6) is 5.75 Å². The van der Waals surface area contributed by atoms with Crippen molar-refractivity contribution in [1.82, 2.24) is 4.98 Å². The van der Waals surface area contributed by atoms with Crippen LogP contribution in [0.1, 0.15) is 21.6 Å². The number of pyridine rings is 1. The summed E-state index contributed by atoms with van der Waals surface area (Å²) in [4.78, 5) is 24.8. The minimum atomic E-state index is -0.0245. The lowest BCUT2D eigenvalue weighted by molar-refractivity contribution is -0.105. The summed E-state index contributed by atoms with van der Waals surface area (Å²) >= 11 is 0. The molecule has 0 aliphatic rings.